The van der Waals surface area contributed by atoms with Crippen molar-refractivity contribution in [2.75, 3.05) is 7.11 Å². The van der Waals surface area contributed by atoms with E-state index in [0.29, 0.717) is 21.9 Å². The van der Waals surface area contributed by atoms with E-state index in [1.54, 1.807) is 12.1 Å². The number of rotatable bonds is 1. The lowest BCUT2D eigenvalue weighted by atomic mass is 10.1. The zero-order valence-corrected chi connectivity index (χ0v) is 9.94. The molecule has 0 aliphatic carbocycles. The third-order valence-corrected chi connectivity index (χ3v) is 3.01. The van der Waals surface area contributed by atoms with Gasteiger partial charge in [-0.15, -0.1) is 0 Å². The topological polar surface area (TPSA) is 59.7 Å². The van der Waals surface area contributed by atoms with Crippen LogP contribution in [0.25, 0.3) is 21.7 Å². The molecule has 0 aliphatic rings. The average molecular weight is 260 g/mol. The monoisotopic (exact) mass is 260 g/mol. The van der Waals surface area contributed by atoms with Gasteiger partial charge in [0, 0.05) is 10.8 Å². The molecule has 1 aromatic heterocycles. The van der Waals surface area contributed by atoms with Crippen molar-refractivity contribution < 1.29 is 18.7 Å². The Morgan fingerprint density at radius 2 is 1.89 bits per heavy atom. The molecule has 0 atom stereocenters. The maximum absolute atomic E-state index is 13.7. The molecule has 0 radical (unpaired) electrons. The van der Waals surface area contributed by atoms with Gasteiger partial charge in [-0.25, -0.2) is 4.79 Å². The molecule has 0 unspecified atom stereocenters. The molecule has 0 aliphatic heterocycles. The molecule has 3 rings (SSSR count). The second-order valence-electron chi connectivity index (χ2n) is 4.08. The van der Waals surface area contributed by atoms with E-state index < -0.39 is 17.2 Å². The van der Waals surface area contributed by atoms with Gasteiger partial charge in [-0.1, -0.05) is 0 Å². The predicted octanol–water partition coefficient (Wildman–Crippen LogP) is 2.80. The Hall–Kier alpha value is -2.56. The summed E-state index contributed by atoms with van der Waals surface area (Å²) in [6.45, 7) is 0. The van der Waals surface area contributed by atoms with Crippen LogP contribution in [0.15, 0.2) is 39.5 Å². The number of fused-ring (bicyclic) bond motifs is 3. The highest BCUT2D eigenvalue weighted by Crippen LogP contribution is 2.30. The van der Waals surface area contributed by atoms with Crippen LogP contribution in [0.1, 0.15) is 0 Å². The molecule has 0 spiro atoms. The standard InChI is InChI=1S/C14H9FO4/c1-18-7-2-3-8-9-4-5-11(16)12(15)13(9)19-14(17)10(8)6-7/h2-6,16H,1H3. The number of methoxy groups -OCH3 is 1. The summed E-state index contributed by atoms with van der Waals surface area (Å²) in [5, 5.41) is 10.6. The molecule has 2 aromatic carbocycles. The lowest BCUT2D eigenvalue weighted by molar-refractivity contribution is 0.415. The smallest absolute Gasteiger partial charge is 0.344 e. The van der Waals surface area contributed by atoms with Crippen molar-refractivity contribution in [2.24, 2.45) is 0 Å². The zero-order valence-electron chi connectivity index (χ0n) is 9.94. The molecule has 1 heterocycles. The van der Waals surface area contributed by atoms with Crippen LogP contribution >= 0.6 is 0 Å². The minimum Gasteiger partial charge on any atom is -0.505 e. The van der Waals surface area contributed by atoms with Crippen molar-refractivity contribution in [3.8, 4) is 11.5 Å². The summed E-state index contributed by atoms with van der Waals surface area (Å²) >= 11 is 0. The van der Waals surface area contributed by atoms with Crippen LogP contribution in [0.3, 0.4) is 0 Å². The molecule has 4 nitrogen and oxygen atoms in total. The minimum absolute atomic E-state index is 0.248. The van der Waals surface area contributed by atoms with Crippen molar-refractivity contribution in [3.05, 3.63) is 46.6 Å². The highest BCUT2D eigenvalue weighted by Gasteiger charge is 2.14. The SMILES string of the molecule is COc1ccc2c(c1)c(=O)oc1c(F)c(O)ccc12. The average Bonchev–Trinajstić information content (AvgIpc) is 2.43. The fraction of sp³-hybridized carbons (Fsp3) is 0.0714. The minimum atomic E-state index is -0.938. The van der Waals surface area contributed by atoms with Crippen molar-refractivity contribution in [2.45, 2.75) is 0 Å². The summed E-state index contributed by atoms with van der Waals surface area (Å²) < 4.78 is 23.7. The predicted molar refractivity (Wildman–Crippen MR) is 68.2 cm³/mol. The molecule has 96 valence electrons. The number of phenolic OH excluding ortho intramolecular Hbond substituents is 1. The molecule has 0 saturated carbocycles. The summed E-state index contributed by atoms with van der Waals surface area (Å²) in [5.41, 5.74) is -0.923. The molecule has 0 fully saturated rings. The van der Waals surface area contributed by atoms with E-state index in [2.05, 4.69) is 0 Å². The van der Waals surface area contributed by atoms with Gasteiger partial charge >= 0.3 is 5.63 Å². The van der Waals surface area contributed by atoms with Gasteiger partial charge in [0.25, 0.3) is 0 Å². The van der Waals surface area contributed by atoms with Gasteiger partial charge in [-0.3, -0.25) is 0 Å². The summed E-state index contributed by atoms with van der Waals surface area (Å²) in [4.78, 5) is 11.9. The molecule has 0 saturated heterocycles. The number of benzene rings is 2. The third-order valence-electron chi connectivity index (χ3n) is 3.01. The van der Waals surface area contributed by atoms with Gasteiger partial charge in [0.05, 0.1) is 12.5 Å². The second-order valence-corrected chi connectivity index (χ2v) is 4.08. The molecule has 0 bridgehead atoms. The Bertz CT molecular complexity index is 851. The fourth-order valence-electron chi connectivity index (χ4n) is 2.06. The number of aromatic hydroxyl groups is 1. The Morgan fingerprint density at radius 1 is 1.16 bits per heavy atom. The van der Waals surface area contributed by atoms with Gasteiger partial charge in [-0.05, 0) is 30.3 Å². The lowest BCUT2D eigenvalue weighted by Gasteiger charge is -2.06. The normalized spacial score (nSPS) is 11.1. The van der Waals surface area contributed by atoms with Gasteiger partial charge in [0.1, 0.15) is 5.75 Å². The highest BCUT2D eigenvalue weighted by atomic mass is 19.1. The molecule has 19 heavy (non-hydrogen) atoms. The quantitative estimate of drug-likeness (QED) is 0.540. The number of phenols is 1. The van der Waals surface area contributed by atoms with E-state index in [9.17, 15) is 14.3 Å². The second kappa shape index (κ2) is 3.98. The molecule has 5 heteroatoms. The van der Waals surface area contributed by atoms with Gasteiger partial charge in [0.2, 0.25) is 5.82 Å². The van der Waals surface area contributed by atoms with Crippen LogP contribution < -0.4 is 10.4 Å². The van der Waals surface area contributed by atoms with Crippen molar-refractivity contribution in [1.82, 2.24) is 0 Å². The number of hydrogen-bond acceptors (Lipinski definition) is 4. The largest absolute Gasteiger partial charge is 0.505 e. The Kier molecular flexibility index (Phi) is 2.41. The molecule has 0 amide bonds. The van der Waals surface area contributed by atoms with Crippen LogP contribution in [-0.2, 0) is 0 Å². The summed E-state index contributed by atoms with van der Waals surface area (Å²) in [6, 6.07) is 7.59. The summed E-state index contributed by atoms with van der Waals surface area (Å²) in [5.74, 6) is -0.978. The van der Waals surface area contributed by atoms with Crippen LogP contribution in [0.5, 0.6) is 11.5 Å². The van der Waals surface area contributed by atoms with Crippen LogP contribution in [0.4, 0.5) is 4.39 Å². The van der Waals surface area contributed by atoms with E-state index in [-0.39, 0.29) is 5.58 Å². The highest BCUT2D eigenvalue weighted by molar-refractivity contribution is 6.05. The number of halogens is 1. The summed E-state index contributed by atoms with van der Waals surface area (Å²) in [7, 11) is 1.49. The van der Waals surface area contributed by atoms with Crippen LogP contribution in [0.2, 0.25) is 0 Å². The van der Waals surface area contributed by atoms with E-state index in [1.807, 2.05) is 0 Å². The first-order valence-electron chi connectivity index (χ1n) is 5.54. The Balaban J connectivity index is 2.54. The van der Waals surface area contributed by atoms with Gasteiger partial charge < -0.3 is 14.3 Å². The van der Waals surface area contributed by atoms with Crippen LogP contribution in [-0.4, -0.2) is 12.2 Å². The number of ether oxygens (including phenoxy) is 1. The van der Waals surface area contributed by atoms with Crippen molar-refractivity contribution in [3.63, 3.8) is 0 Å². The summed E-state index contributed by atoms with van der Waals surface area (Å²) in [6.07, 6.45) is 0. The zero-order chi connectivity index (χ0) is 13.6. The fourth-order valence-corrected chi connectivity index (χ4v) is 2.06. The third kappa shape index (κ3) is 1.62. The van der Waals surface area contributed by atoms with Crippen LogP contribution in [0, 0.1) is 5.82 Å². The molecular weight excluding hydrogens is 251 g/mol. The van der Waals surface area contributed by atoms with E-state index in [0.717, 1.165) is 0 Å². The van der Waals surface area contributed by atoms with Crippen molar-refractivity contribution in [1.29, 1.82) is 0 Å². The van der Waals surface area contributed by atoms with E-state index in [4.69, 9.17) is 9.15 Å². The molecule has 3 aromatic rings. The van der Waals surface area contributed by atoms with E-state index in [1.165, 1.54) is 25.3 Å². The van der Waals surface area contributed by atoms with Crippen molar-refractivity contribution >= 4 is 21.7 Å². The molecular formula is C14H9FO4. The van der Waals surface area contributed by atoms with E-state index >= 15 is 0 Å². The first-order valence-corrected chi connectivity index (χ1v) is 5.54. The lowest BCUT2D eigenvalue weighted by Crippen LogP contribution is -2.01. The van der Waals surface area contributed by atoms with Gasteiger partial charge in [-0.2, -0.15) is 4.39 Å². The van der Waals surface area contributed by atoms with Gasteiger partial charge in [0.15, 0.2) is 11.3 Å². The maximum atomic E-state index is 13.7. The Labute approximate surface area is 106 Å². The Morgan fingerprint density at radius 3 is 2.63 bits per heavy atom. The maximum Gasteiger partial charge on any atom is 0.344 e. The number of hydrogen-bond donors (Lipinski definition) is 1. The first-order chi connectivity index (χ1) is 9.11. The molecule has 1 N–H and O–H groups in total. The first kappa shape index (κ1) is 11.5.